The summed E-state index contributed by atoms with van der Waals surface area (Å²) in [6, 6.07) is 2.71. The third kappa shape index (κ3) is 4.86. The Morgan fingerprint density at radius 2 is 2.00 bits per heavy atom. The summed E-state index contributed by atoms with van der Waals surface area (Å²) in [6.45, 7) is 0.0173. The zero-order valence-corrected chi connectivity index (χ0v) is 10.6. The molecule has 0 aliphatic rings. The minimum Gasteiger partial charge on any atom is -0.399 e. The Bertz CT molecular complexity index is 477. The fourth-order valence-corrected chi connectivity index (χ4v) is 1.80. The van der Waals surface area contributed by atoms with Crippen molar-refractivity contribution >= 4 is 28.9 Å². The predicted octanol–water partition coefficient (Wildman–Crippen LogP) is 2.78. The molecule has 0 bridgehead atoms. The van der Waals surface area contributed by atoms with E-state index in [2.05, 4.69) is 5.32 Å². The van der Waals surface area contributed by atoms with Crippen molar-refractivity contribution in [2.45, 2.75) is 19.0 Å². The van der Waals surface area contributed by atoms with Crippen molar-refractivity contribution in [3.05, 3.63) is 22.7 Å². The minimum atomic E-state index is -4.21. The van der Waals surface area contributed by atoms with E-state index in [9.17, 15) is 18.0 Å². The van der Waals surface area contributed by atoms with Crippen LogP contribution in [-0.4, -0.2) is 18.6 Å². The fraction of sp³-hybridized carbons (Fsp3) is 0.364. The van der Waals surface area contributed by atoms with E-state index in [1.165, 1.54) is 12.1 Å². The van der Waals surface area contributed by atoms with Crippen LogP contribution >= 0.6 is 11.6 Å². The van der Waals surface area contributed by atoms with Gasteiger partial charge in [0.05, 0.1) is 16.3 Å². The van der Waals surface area contributed by atoms with Gasteiger partial charge in [-0.25, -0.2) is 0 Å². The van der Waals surface area contributed by atoms with Crippen molar-refractivity contribution in [1.29, 1.82) is 0 Å². The number of anilines is 2. The Balaban J connectivity index is 2.75. The molecule has 5 N–H and O–H groups in total. The number of benzene rings is 1. The zero-order chi connectivity index (χ0) is 14.6. The number of nitrogens with one attached hydrogen (secondary N) is 1. The van der Waals surface area contributed by atoms with Crippen LogP contribution in [0.25, 0.3) is 0 Å². The fourth-order valence-electron chi connectivity index (χ4n) is 1.50. The second-order valence-electron chi connectivity index (χ2n) is 3.94. The lowest BCUT2D eigenvalue weighted by atomic mass is 10.1. The van der Waals surface area contributed by atoms with Crippen LogP contribution in [0.15, 0.2) is 12.1 Å². The average molecular weight is 296 g/mol. The number of hydrogen-bond acceptors (Lipinski definition) is 3. The van der Waals surface area contributed by atoms with E-state index < -0.39 is 18.5 Å². The first-order valence-electron chi connectivity index (χ1n) is 5.40. The molecule has 0 unspecified atom stereocenters. The maximum absolute atomic E-state index is 12.0. The molecule has 0 heterocycles. The van der Waals surface area contributed by atoms with Crippen LogP contribution in [0.3, 0.4) is 0 Å². The molecule has 0 aromatic heterocycles. The lowest BCUT2D eigenvalue weighted by Gasteiger charge is -2.13. The van der Waals surface area contributed by atoms with E-state index in [-0.39, 0.29) is 34.9 Å². The molecule has 0 spiro atoms. The number of hydrogen-bond donors (Lipinski definition) is 3. The largest absolute Gasteiger partial charge is 0.399 e. The Morgan fingerprint density at radius 3 is 2.53 bits per heavy atom. The first-order valence-corrected chi connectivity index (χ1v) is 5.78. The molecule has 0 fully saturated rings. The number of nitrogens with two attached hydrogens (primary N) is 2. The van der Waals surface area contributed by atoms with E-state index in [1.54, 1.807) is 0 Å². The molecule has 0 aliphatic heterocycles. The van der Waals surface area contributed by atoms with Gasteiger partial charge in [0, 0.05) is 18.7 Å². The number of alkyl halides is 3. The highest BCUT2D eigenvalue weighted by molar-refractivity contribution is 6.34. The van der Waals surface area contributed by atoms with Crippen LogP contribution < -0.4 is 16.8 Å². The Kier molecular flexibility index (Phi) is 4.88. The summed E-state index contributed by atoms with van der Waals surface area (Å²) < 4.78 is 35.9. The Labute approximate surface area is 112 Å². The Morgan fingerprint density at radius 1 is 1.37 bits per heavy atom. The van der Waals surface area contributed by atoms with Crippen molar-refractivity contribution in [2.24, 2.45) is 5.73 Å². The van der Waals surface area contributed by atoms with Gasteiger partial charge in [0.25, 0.3) is 5.91 Å². The summed E-state index contributed by atoms with van der Waals surface area (Å²) in [5.41, 5.74) is 11.2. The lowest BCUT2D eigenvalue weighted by molar-refractivity contribution is -0.134. The Hall–Kier alpha value is -1.63. The highest BCUT2D eigenvalue weighted by Crippen LogP contribution is 2.29. The molecule has 1 amide bonds. The molecule has 1 aromatic carbocycles. The van der Waals surface area contributed by atoms with Gasteiger partial charge in [0.15, 0.2) is 0 Å². The molecule has 0 saturated carbocycles. The topological polar surface area (TPSA) is 81.1 Å². The van der Waals surface area contributed by atoms with E-state index in [1.807, 2.05) is 0 Å². The smallest absolute Gasteiger partial charge is 0.389 e. The first-order chi connectivity index (χ1) is 8.70. The van der Waals surface area contributed by atoms with Gasteiger partial charge in [0.1, 0.15) is 0 Å². The molecule has 0 saturated heterocycles. The molecule has 8 heteroatoms. The maximum atomic E-state index is 12.0. The monoisotopic (exact) mass is 295 g/mol. The van der Waals surface area contributed by atoms with Crippen LogP contribution in [0, 0.1) is 0 Å². The summed E-state index contributed by atoms with van der Waals surface area (Å²) in [6.07, 6.45) is -5.26. The average Bonchev–Trinajstić information content (AvgIpc) is 2.24. The molecule has 19 heavy (non-hydrogen) atoms. The highest BCUT2D eigenvalue weighted by Gasteiger charge is 2.26. The van der Waals surface area contributed by atoms with E-state index in [4.69, 9.17) is 23.1 Å². The number of primary amides is 1. The molecule has 0 atom stereocenters. The van der Waals surface area contributed by atoms with E-state index >= 15 is 0 Å². The van der Waals surface area contributed by atoms with Gasteiger partial charge < -0.3 is 16.8 Å². The number of carbonyl (C=O) groups excluding carboxylic acids is 1. The van der Waals surface area contributed by atoms with Gasteiger partial charge in [-0.05, 0) is 18.6 Å². The second-order valence-corrected chi connectivity index (χ2v) is 4.34. The van der Waals surface area contributed by atoms with Gasteiger partial charge >= 0.3 is 6.18 Å². The van der Waals surface area contributed by atoms with Gasteiger partial charge in [0.2, 0.25) is 0 Å². The standard InChI is InChI=1S/C11H13ClF3N3O/c12-8-5-6(16)4-7(10(17)19)9(8)18-3-1-2-11(13,14)15/h4-5,18H,1-3,16H2,(H2,17,19). The number of nitrogen functional groups attached to an aromatic ring is 1. The molecule has 106 valence electrons. The van der Waals surface area contributed by atoms with E-state index in [0.717, 1.165) is 0 Å². The number of halogens is 4. The number of rotatable bonds is 5. The molecule has 0 aliphatic carbocycles. The molecular weight excluding hydrogens is 283 g/mol. The third-order valence-electron chi connectivity index (χ3n) is 2.32. The third-order valence-corrected chi connectivity index (χ3v) is 2.61. The summed E-state index contributed by atoms with van der Waals surface area (Å²) >= 11 is 5.88. The van der Waals surface area contributed by atoms with Crippen molar-refractivity contribution < 1.29 is 18.0 Å². The SMILES string of the molecule is NC(=O)c1cc(N)cc(Cl)c1NCCCC(F)(F)F. The summed E-state index contributed by atoms with van der Waals surface area (Å²) in [7, 11) is 0. The van der Waals surface area contributed by atoms with Gasteiger partial charge in [-0.2, -0.15) is 13.2 Å². The van der Waals surface area contributed by atoms with Crippen LogP contribution in [-0.2, 0) is 0 Å². The van der Waals surface area contributed by atoms with Crippen LogP contribution in [0.5, 0.6) is 0 Å². The predicted molar refractivity (Wildman–Crippen MR) is 68.2 cm³/mol. The molecule has 4 nitrogen and oxygen atoms in total. The maximum Gasteiger partial charge on any atom is 0.389 e. The van der Waals surface area contributed by atoms with Crippen molar-refractivity contribution in [3.63, 3.8) is 0 Å². The van der Waals surface area contributed by atoms with Gasteiger partial charge in [-0.3, -0.25) is 4.79 Å². The van der Waals surface area contributed by atoms with Crippen molar-refractivity contribution in [1.82, 2.24) is 0 Å². The summed E-state index contributed by atoms with van der Waals surface area (Å²) in [4.78, 5) is 11.2. The number of carbonyl (C=O) groups is 1. The van der Waals surface area contributed by atoms with Gasteiger partial charge in [-0.15, -0.1) is 0 Å². The lowest BCUT2D eigenvalue weighted by Crippen LogP contribution is -2.17. The van der Waals surface area contributed by atoms with Crippen LogP contribution in [0.1, 0.15) is 23.2 Å². The molecule has 0 radical (unpaired) electrons. The second kappa shape index (κ2) is 6.01. The molecule has 1 rings (SSSR count). The van der Waals surface area contributed by atoms with Crippen LogP contribution in [0.2, 0.25) is 5.02 Å². The van der Waals surface area contributed by atoms with Crippen molar-refractivity contribution in [2.75, 3.05) is 17.6 Å². The van der Waals surface area contributed by atoms with Gasteiger partial charge in [-0.1, -0.05) is 11.6 Å². The molecular formula is C11H13ClF3N3O. The minimum absolute atomic E-state index is 0.0173. The zero-order valence-electron chi connectivity index (χ0n) is 9.85. The normalized spacial score (nSPS) is 11.4. The quantitative estimate of drug-likeness (QED) is 0.577. The number of amides is 1. The summed E-state index contributed by atoms with van der Waals surface area (Å²) in [5, 5.41) is 2.81. The highest BCUT2D eigenvalue weighted by atomic mass is 35.5. The molecule has 1 aromatic rings. The van der Waals surface area contributed by atoms with Crippen LogP contribution in [0.4, 0.5) is 24.5 Å². The van der Waals surface area contributed by atoms with E-state index in [0.29, 0.717) is 0 Å². The first kappa shape index (κ1) is 15.4. The summed E-state index contributed by atoms with van der Waals surface area (Å²) in [5.74, 6) is -0.757. The van der Waals surface area contributed by atoms with Crippen molar-refractivity contribution in [3.8, 4) is 0 Å².